The van der Waals surface area contributed by atoms with Gasteiger partial charge in [0, 0.05) is 17.9 Å². The van der Waals surface area contributed by atoms with E-state index in [2.05, 4.69) is 15.4 Å². The van der Waals surface area contributed by atoms with Crippen molar-refractivity contribution in [3.05, 3.63) is 35.9 Å². The van der Waals surface area contributed by atoms with Crippen LogP contribution in [0.4, 0.5) is 5.69 Å². The van der Waals surface area contributed by atoms with E-state index in [9.17, 15) is 9.59 Å². The summed E-state index contributed by atoms with van der Waals surface area (Å²) in [6.07, 6.45) is 4.47. The number of nitrogens with zero attached hydrogens (tertiary/aromatic N) is 3. The highest BCUT2D eigenvalue weighted by molar-refractivity contribution is 6.31. The number of hydrogen-bond donors (Lipinski definition) is 2. The second-order valence-corrected chi connectivity index (χ2v) is 6.94. The van der Waals surface area contributed by atoms with Crippen LogP contribution in [0.2, 0.25) is 5.02 Å². The predicted molar refractivity (Wildman–Crippen MR) is 99.9 cm³/mol. The number of nitrogens with one attached hydrogen (secondary N) is 2. The normalized spacial score (nSPS) is 19.5. The molecule has 0 saturated carbocycles. The Morgan fingerprint density at radius 1 is 1.37 bits per heavy atom. The Balaban J connectivity index is 1.58. The van der Waals surface area contributed by atoms with Crippen LogP contribution in [0.15, 0.2) is 30.9 Å². The number of benzene rings is 1. The summed E-state index contributed by atoms with van der Waals surface area (Å²) in [6, 6.07) is 5.21. The van der Waals surface area contributed by atoms with Crippen molar-refractivity contribution >= 4 is 29.2 Å². The quantitative estimate of drug-likeness (QED) is 0.707. The van der Waals surface area contributed by atoms with Crippen LogP contribution in [0.5, 0.6) is 0 Å². The first-order chi connectivity index (χ1) is 13.1. The standard InChI is InChI=1S/C18H22ClN5O3/c1-2-27-18(26)13-5-7-23(8-6-13)10-17(25)22-15-9-14(19)3-4-16(15)24-12-20-11-21-24/h3-4,9,11-13H,2,5-8,10H2,1H3,(H,22,25)/p+1. The number of amides is 1. The third-order valence-electron chi connectivity index (χ3n) is 4.62. The highest BCUT2D eigenvalue weighted by atomic mass is 35.5. The van der Waals surface area contributed by atoms with Gasteiger partial charge >= 0.3 is 5.97 Å². The lowest BCUT2D eigenvalue weighted by Crippen LogP contribution is -3.14. The number of rotatable bonds is 6. The van der Waals surface area contributed by atoms with Crippen LogP contribution in [-0.4, -0.2) is 52.9 Å². The van der Waals surface area contributed by atoms with Crippen LogP contribution in [0.3, 0.4) is 0 Å². The average molecular weight is 393 g/mol. The molecule has 144 valence electrons. The smallest absolute Gasteiger partial charge is 0.309 e. The fourth-order valence-electron chi connectivity index (χ4n) is 3.26. The molecular weight excluding hydrogens is 370 g/mol. The van der Waals surface area contributed by atoms with Gasteiger partial charge in [0.05, 0.1) is 37.0 Å². The van der Waals surface area contributed by atoms with Gasteiger partial charge in [-0.3, -0.25) is 9.59 Å². The molecular formula is C18H23ClN5O3+. The monoisotopic (exact) mass is 392 g/mol. The topological polar surface area (TPSA) is 90.6 Å². The van der Waals surface area contributed by atoms with Crippen molar-refractivity contribution in [1.82, 2.24) is 14.8 Å². The molecule has 2 aromatic rings. The van der Waals surface area contributed by atoms with Crippen LogP contribution in [-0.2, 0) is 14.3 Å². The van der Waals surface area contributed by atoms with Crippen LogP contribution in [0, 0.1) is 5.92 Å². The van der Waals surface area contributed by atoms with E-state index in [4.69, 9.17) is 16.3 Å². The zero-order chi connectivity index (χ0) is 19.2. The zero-order valence-electron chi connectivity index (χ0n) is 15.2. The van der Waals surface area contributed by atoms with Gasteiger partial charge in [-0.05, 0) is 25.1 Å². The number of carbonyl (C=O) groups excluding carboxylic acids is 2. The minimum atomic E-state index is -0.127. The Bertz CT molecular complexity index is 788. The van der Waals surface area contributed by atoms with Crippen molar-refractivity contribution in [2.24, 2.45) is 5.92 Å². The summed E-state index contributed by atoms with van der Waals surface area (Å²) < 4.78 is 6.66. The summed E-state index contributed by atoms with van der Waals surface area (Å²) in [5, 5.41) is 7.54. The van der Waals surface area contributed by atoms with Crippen LogP contribution >= 0.6 is 11.6 Å². The van der Waals surface area contributed by atoms with E-state index in [0.29, 0.717) is 29.5 Å². The van der Waals surface area contributed by atoms with Crippen LogP contribution in [0.25, 0.3) is 5.69 Å². The van der Waals surface area contributed by atoms with Crippen LogP contribution < -0.4 is 10.2 Å². The Morgan fingerprint density at radius 3 is 2.81 bits per heavy atom. The van der Waals surface area contributed by atoms with Gasteiger partial charge in [0.2, 0.25) is 0 Å². The molecule has 0 spiro atoms. The zero-order valence-corrected chi connectivity index (χ0v) is 15.9. The van der Waals surface area contributed by atoms with Crippen molar-refractivity contribution in [3.8, 4) is 5.69 Å². The number of halogens is 1. The van der Waals surface area contributed by atoms with Gasteiger partial charge in [0.25, 0.3) is 5.91 Å². The first-order valence-corrected chi connectivity index (χ1v) is 9.39. The first-order valence-electron chi connectivity index (χ1n) is 9.01. The van der Waals surface area contributed by atoms with Crippen LogP contribution in [0.1, 0.15) is 19.8 Å². The van der Waals surface area contributed by atoms with E-state index in [1.807, 2.05) is 6.92 Å². The number of aromatic nitrogens is 3. The third-order valence-corrected chi connectivity index (χ3v) is 4.86. The summed E-state index contributed by atoms with van der Waals surface area (Å²) in [4.78, 5) is 29.4. The Labute approximate surface area is 162 Å². The molecule has 8 nitrogen and oxygen atoms in total. The molecule has 1 aromatic heterocycles. The van der Waals surface area contributed by atoms with E-state index >= 15 is 0 Å². The van der Waals surface area contributed by atoms with Gasteiger partial charge in [0.15, 0.2) is 6.54 Å². The van der Waals surface area contributed by atoms with Crippen molar-refractivity contribution in [2.45, 2.75) is 19.8 Å². The van der Waals surface area contributed by atoms with Gasteiger partial charge in [0.1, 0.15) is 12.7 Å². The van der Waals surface area contributed by atoms with E-state index in [-0.39, 0.29) is 17.8 Å². The predicted octanol–water partition coefficient (Wildman–Crippen LogP) is 0.717. The number of hydrogen-bond acceptors (Lipinski definition) is 5. The van der Waals surface area contributed by atoms with Crippen molar-refractivity contribution < 1.29 is 19.2 Å². The number of carbonyl (C=O) groups is 2. The lowest BCUT2D eigenvalue weighted by molar-refractivity contribution is -0.897. The van der Waals surface area contributed by atoms with Gasteiger partial charge in [-0.15, -0.1) is 0 Å². The van der Waals surface area contributed by atoms with E-state index < -0.39 is 0 Å². The summed E-state index contributed by atoms with van der Waals surface area (Å²) in [5.41, 5.74) is 1.28. The summed E-state index contributed by atoms with van der Waals surface area (Å²) in [7, 11) is 0. The molecule has 9 heteroatoms. The maximum atomic E-state index is 12.5. The molecule has 1 aliphatic heterocycles. The summed E-state index contributed by atoms with van der Waals surface area (Å²) >= 11 is 6.08. The second-order valence-electron chi connectivity index (χ2n) is 6.50. The maximum absolute atomic E-state index is 12.5. The number of likely N-dealkylation sites (tertiary alicyclic amines) is 1. The molecule has 3 rings (SSSR count). The number of esters is 1. The molecule has 1 aliphatic rings. The number of quaternary nitrogens is 1. The molecule has 27 heavy (non-hydrogen) atoms. The lowest BCUT2D eigenvalue weighted by Gasteiger charge is -2.27. The number of piperidine rings is 1. The van der Waals surface area contributed by atoms with Gasteiger partial charge in [-0.1, -0.05) is 11.6 Å². The third kappa shape index (κ3) is 5.05. The van der Waals surface area contributed by atoms with E-state index in [1.54, 1.807) is 29.2 Å². The first kappa shape index (κ1) is 19.3. The molecule has 2 heterocycles. The molecule has 1 fully saturated rings. The Hall–Kier alpha value is -2.45. The largest absolute Gasteiger partial charge is 0.466 e. The van der Waals surface area contributed by atoms with E-state index in [0.717, 1.165) is 30.8 Å². The minimum absolute atomic E-state index is 0.0522. The molecule has 0 bridgehead atoms. The van der Waals surface area contributed by atoms with E-state index in [1.165, 1.54) is 6.33 Å². The molecule has 0 aliphatic carbocycles. The second kappa shape index (κ2) is 8.96. The molecule has 2 N–H and O–H groups in total. The highest BCUT2D eigenvalue weighted by Crippen LogP contribution is 2.23. The lowest BCUT2D eigenvalue weighted by atomic mass is 9.97. The average Bonchev–Trinajstić information content (AvgIpc) is 3.17. The maximum Gasteiger partial charge on any atom is 0.309 e. The summed E-state index contributed by atoms with van der Waals surface area (Å²) in [5.74, 6) is -0.288. The Kier molecular flexibility index (Phi) is 6.41. The SMILES string of the molecule is CCOC(=O)C1CC[NH+](CC(=O)Nc2cc(Cl)ccc2-n2cncn2)CC1. The minimum Gasteiger partial charge on any atom is -0.466 e. The van der Waals surface area contributed by atoms with Gasteiger partial charge < -0.3 is 15.0 Å². The van der Waals surface area contributed by atoms with Crippen molar-refractivity contribution in [2.75, 3.05) is 31.6 Å². The van der Waals surface area contributed by atoms with Crippen molar-refractivity contribution in [3.63, 3.8) is 0 Å². The molecule has 1 aromatic carbocycles. The molecule has 1 amide bonds. The fourth-order valence-corrected chi connectivity index (χ4v) is 3.43. The van der Waals surface area contributed by atoms with Gasteiger partial charge in [-0.25, -0.2) is 9.67 Å². The number of ether oxygens (including phenoxy) is 1. The molecule has 0 atom stereocenters. The molecule has 1 saturated heterocycles. The number of anilines is 1. The summed E-state index contributed by atoms with van der Waals surface area (Å²) in [6.45, 7) is 4.08. The molecule has 0 radical (unpaired) electrons. The highest BCUT2D eigenvalue weighted by Gasteiger charge is 2.29. The molecule has 0 unspecified atom stereocenters. The Morgan fingerprint density at radius 2 is 2.15 bits per heavy atom. The fraction of sp³-hybridized carbons (Fsp3) is 0.444. The van der Waals surface area contributed by atoms with Gasteiger partial charge in [-0.2, -0.15) is 5.10 Å². The van der Waals surface area contributed by atoms with Crippen molar-refractivity contribution in [1.29, 1.82) is 0 Å².